The van der Waals surface area contributed by atoms with Crippen LogP contribution >= 0.6 is 0 Å². The first-order chi connectivity index (χ1) is 5.75. The van der Waals surface area contributed by atoms with Crippen molar-refractivity contribution in [2.24, 2.45) is 0 Å². The molecule has 1 aromatic heterocycles. The van der Waals surface area contributed by atoms with Crippen molar-refractivity contribution in [2.45, 2.75) is 18.9 Å². The highest BCUT2D eigenvalue weighted by atomic mass is 16.3. The second-order valence-electron chi connectivity index (χ2n) is 2.79. The van der Waals surface area contributed by atoms with Crippen molar-refractivity contribution in [1.29, 1.82) is 0 Å². The van der Waals surface area contributed by atoms with Crippen molar-refractivity contribution in [2.75, 3.05) is 0 Å². The van der Waals surface area contributed by atoms with Gasteiger partial charge < -0.3 is 5.11 Å². The van der Waals surface area contributed by atoms with E-state index in [0.717, 1.165) is 5.56 Å². The zero-order chi connectivity index (χ0) is 8.97. The predicted molar refractivity (Wildman–Crippen MR) is 48.9 cm³/mol. The van der Waals surface area contributed by atoms with Crippen LogP contribution in [0.1, 0.15) is 18.4 Å². The van der Waals surface area contributed by atoms with Crippen LogP contribution in [0.15, 0.2) is 37.2 Å². The Labute approximate surface area is 72.6 Å². The molecule has 0 unspecified atom stereocenters. The predicted octanol–water partition coefficient (Wildman–Crippen LogP) is 1.73. The van der Waals surface area contributed by atoms with E-state index in [1.165, 1.54) is 0 Å². The monoisotopic (exact) mass is 163 g/mol. The highest BCUT2D eigenvalue weighted by Crippen LogP contribution is 2.19. The van der Waals surface area contributed by atoms with E-state index in [1.807, 2.05) is 12.1 Å². The summed E-state index contributed by atoms with van der Waals surface area (Å²) in [7, 11) is 0. The number of aromatic nitrogens is 1. The van der Waals surface area contributed by atoms with Gasteiger partial charge in [-0.3, -0.25) is 4.98 Å². The van der Waals surface area contributed by atoms with Crippen molar-refractivity contribution in [3.05, 3.63) is 42.7 Å². The van der Waals surface area contributed by atoms with E-state index < -0.39 is 6.10 Å². The van der Waals surface area contributed by atoms with Crippen molar-refractivity contribution >= 4 is 0 Å². The first-order valence-corrected chi connectivity index (χ1v) is 3.96. The van der Waals surface area contributed by atoms with Gasteiger partial charge in [0.15, 0.2) is 0 Å². The lowest BCUT2D eigenvalue weighted by Gasteiger charge is -2.14. The number of rotatable bonds is 3. The van der Waals surface area contributed by atoms with Crippen molar-refractivity contribution in [1.82, 2.24) is 4.98 Å². The average molecular weight is 163 g/mol. The van der Waals surface area contributed by atoms with E-state index in [2.05, 4.69) is 11.6 Å². The SMILES string of the molecule is C=C[C@H](c1cccnc1)[C@H](C)O. The van der Waals surface area contributed by atoms with Gasteiger partial charge >= 0.3 is 0 Å². The summed E-state index contributed by atoms with van der Waals surface area (Å²) in [5.74, 6) is -0.0151. The summed E-state index contributed by atoms with van der Waals surface area (Å²) in [6, 6.07) is 3.79. The van der Waals surface area contributed by atoms with Crippen LogP contribution < -0.4 is 0 Å². The van der Waals surface area contributed by atoms with E-state index in [0.29, 0.717) is 0 Å². The summed E-state index contributed by atoms with van der Waals surface area (Å²) in [5, 5.41) is 9.37. The molecule has 0 saturated carbocycles. The van der Waals surface area contributed by atoms with Crippen molar-refractivity contribution in [3.8, 4) is 0 Å². The standard InChI is InChI=1S/C10H13NO/c1-3-10(8(2)12)9-5-4-6-11-7-9/h3-8,10,12H,1H2,2H3/t8-,10-/m0/s1. The van der Waals surface area contributed by atoms with Gasteiger partial charge in [0.05, 0.1) is 6.10 Å². The molecule has 2 atom stereocenters. The minimum atomic E-state index is -0.410. The van der Waals surface area contributed by atoms with Crippen LogP contribution in [0, 0.1) is 0 Å². The van der Waals surface area contributed by atoms with Gasteiger partial charge in [0, 0.05) is 18.3 Å². The first-order valence-electron chi connectivity index (χ1n) is 3.96. The highest BCUT2D eigenvalue weighted by Gasteiger charge is 2.12. The summed E-state index contributed by atoms with van der Waals surface area (Å²) in [5.41, 5.74) is 1.00. The van der Waals surface area contributed by atoms with Gasteiger partial charge in [0.25, 0.3) is 0 Å². The molecule has 0 amide bonds. The number of nitrogens with zero attached hydrogens (tertiary/aromatic N) is 1. The van der Waals surface area contributed by atoms with E-state index >= 15 is 0 Å². The van der Waals surface area contributed by atoms with Gasteiger partial charge in [-0.25, -0.2) is 0 Å². The third kappa shape index (κ3) is 1.92. The summed E-state index contributed by atoms with van der Waals surface area (Å²) in [6.45, 7) is 5.42. The normalized spacial score (nSPS) is 15.2. The third-order valence-corrected chi connectivity index (χ3v) is 1.84. The van der Waals surface area contributed by atoms with Crippen LogP contribution in [-0.2, 0) is 0 Å². The molecule has 0 aromatic carbocycles. The van der Waals surface area contributed by atoms with Crippen LogP contribution in [0.3, 0.4) is 0 Å². The molecular formula is C10H13NO. The number of hydrogen-bond donors (Lipinski definition) is 1. The molecule has 0 aliphatic rings. The van der Waals surface area contributed by atoms with Crippen molar-refractivity contribution in [3.63, 3.8) is 0 Å². The molecule has 2 heteroatoms. The largest absolute Gasteiger partial charge is 0.392 e. The van der Waals surface area contributed by atoms with E-state index in [9.17, 15) is 5.11 Å². The van der Waals surface area contributed by atoms with E-state index in [-0.39, 0.29) is 5.92 Å². The molecule has 0 bridgehead atoms. The molecule has 0 saturated heterocycles. The van der Waals surface area contributed by atoms with Gasteiger partial charge in [0.1, 0.15) is 0 Å². The number of aliphatic hydroxyl groups is 1. The average Bonchev–Trinajstić information content (AvgIpc) is 2.07. The quantitative estimate of drug-likeness (QED) is 0.688. The lowest BCUT2D eigenvalue weighted by molar-refractivity contribution is 0.179. The van der Waals surface area contributed by atoms with Crippen LogP contribution in [0.2, 0.25) is 0 Å². The Balaban J connectivity index is 2.88. The summed E-state index contributed by atoms with van der Waals surface area (Å²) in [4.78, 5) is 3.98. The number of hydrogen-bond acceptors (Lipinski definition) is 2. The fourth-order valence-electron chi connectivity index (χ4n) is 1.18. The lowest BCUT2D eigenvalue weighted by Crippen LogP contribution is -2.11. The molecule has 0 aliphatic heterocycles. The minimum Gasteiger partial charge on any atom is -0.392 e. The van der Waals surface area contributed by atoms with Crippen molar-refractivity contribution < 1.29 is 5.11 Å². The smallest absolute Gasteiger partial charge is 0.0615 e. The topological polar surface area (TPSA) is 33.1 Å². The van der Waals surface area contributed by atoms with E-state index in [4.69, 9.17) is 0 Å². The first kappa shape index (κ1) is 8.94. The van der Waals surface area contributed by atoms with E-state index in [1.54, 1.807) is 25.4 Å². The molecule has 0 aliphatic carbocycles. The molecule has 0 radical (unpaired) electrons. The Kier molecular flexibility index (Phi) is 3.00. The van der Waals surface area contributed by atoms with Gasteiger partial charge in [-0.15, -0.1) is 6.58 Å². The molecule has 1 heterocycles. The fourth-order valence-corrected chi connectivity index (χ4v) is 1.18. The Morgan fingerprint density at radius 3 is 2.83 bits per heavy atom. The summed E-state index contributed by atoms with van der Waals surface area (Å²) in [6.07, 6.45) is 4.79. The summed E-state index contributed by atoms with van der Waals surface area (Å²) < 4.78 is 0. The maximum Gasteiger partial charge on any atom is 0.0615 e. The molecule has 1 rings (SSSR count). The van der Waals surface area contributed by atoms with Gasteiger partial charge in [-0.1, -0.05) is 12.1 Å². The second kappa shape index (κ2) is 4.02. The fraction of sp³-hybridized carbons (Fsp3) is 0.300. The number of aliphatic hydroxyl groups excluding tert-OH is 1. The molecule has 64 valence electrons. The Morgan fingerprint density at radius 1 is 1.67 bits per heavy atom. The second-order valence-corrected chi connectivity index (χ2v) is 2.79. The Hall–Kier alpha value is -1.15. The highest BCUT2D eigenvalue weighted by molar-refractivity contribution is 5.20. The molecule has 1 N–H and O–H groups in total. The molecule has 12 heavy (non-hydrogen) atoms. The van der Waals surface area contributed by atoms with Crippen LogP contribution in [0.4, 0.5) is 0 Å². The Morgan fingerprint density at radius 2 is 2.42 bits per heavy atom. The lowest BCUT2D eigenvalue weighted by atomic mass is 9.96. The maximum atomic E-state index is 9.37. The zero-order valence-electron chi connectivity index (χ0n) is 7.14. The Bertz CT molecular complexity index is 243. The molecule has 0 fully saturated rings. The van der Waals surface area contributed by atoms with Gasteiger partial charge in [-0.05, 0) is 18.6 Å². The molecular weight excluding hydrogens is 150 g/mol. The maximum absolute atomic E-state index is 9.37. The number of pyridine rings is 1. The minimum absolute atomic E-state index is 0.0151. The molecule has 1 aromatic rings. The molecule has 0 spiro atoms. The van der Waals surface area contributed by atoms with Crippen LogP contribution in [0.5, 0.6) is 0 Å². The third-order valence-electron chi connectivity index (χ3n) is 1.84. The zero-order valence-corrected chi connectivity index (χ0v) is 7.14. The van der Waals surface area contributed by atoms with Gasteiger partial charge in [-0.2, -0.15) is 0 Å². The summed E-state index contributed by atoms with van der Waals surface area (Å²) >= 11 is 0. The molecule has 2 nitrogen and oxygen atoms in total. The van der Waals surface area contributed by atoms with Crippen LogP contribution in [0.25, 0.3) is 0 Å². The van der Waals surface area contributed by atoms with Crippen LogP contribution in [-0.4, -0.2) is 16.2 Å². The van der Waals surface area contributed by atoms with Gasteiger partial charge in [0.2, 0.25) is 0 Å².